The number of aromatic nitrogens is 6. The Kier molecular flexibility index (Phi) is 3.20. The van der Waals surface area contributed by atoms with Crippen LogP contribution in [0.5, 0.6) is 0 Å². The first kappa shape index (κ1) is 13.9. The highest BCUT2D eigenvalue weighted by atomic mass is 16.2. The Bertz CT molecular complexity index is 1140. The van der Waals surface area contributed by atoms with E-state index < -0.39 is 11.2 Å². The second-order valence-corrected chi connectivity index (χ2v) is 4.96. The average molecular weight is 318 g/mol. The Balaban J connectivity index is 2.12. The molecule has 116 valence electrons. The average Bonchev–Trinajstić information content (AvgIpc) is 2.62. The highest BCUT2D eigenvalue weighted by Crippen LogP contribution is 2.26. The zero-order valence-electron chi connectivity index (χ0n) is 12.2. The number of hydrogen-bond donors (Lipinski definition) is 2. The molecule has 24 heavy (non-hydrogen) atoms. The van der Waals surface area contributed by atoms with Crippen molar-refractivity contribution in [2.75, 3.05) is 0 Å². The van der Waals surface area contributed by atoms with Gasteiger partial charge in [0.1, 0.15) is 11.4 Å². The Morgan fingerprint density at radius 1 is 0.750 bits per heavy atom. The molecule has 0 aliphatic carbocycles. The third-order valence-corrected chi connectivity index (χ3v) is 3.38. The van der Waals surface area contributed by atoms with Crippen LogP contribution in [0, 0.1) is 0 Å². The molecule has 4 aromatic heterocycles. The monoisotopic (exact) mass is 318 g/mol. The summed E-state index contributed by atoms with van der Waals surface area (Å²) in [4.78, 5) is 45.5. The van der Waals surface area contributed by atoms with Crippen molar-refractivity contribution < 1.29 is 0 Å². The van der Waals surface area contributed by atoms with Crippen LogP contribution in [0.25, 0.3) is 33.9 Å². The van der Waals surface area contributed by atoms with Gasteiger partial charge < -0.3 is 0 Å². The fraction of sp³-hybridized carbons (Fsp3) is 0. The maximum absolute atomic E-state index is 12.0. The quantitative estimate of drug-likeness (QED) is 0.572. The summed E-state index contributed by atoms with van der Waals surface area (Å²) in [5.41, 5.74) is 0.860. The van der Waals surface area contributed by atoms with Crippen LogP contribution in [0.2, 0.25) is 0 Å². The first-order chi connectivity index (χ1) is 11.7. The van der Waals surface area contributed by atoms with Crippen LogP contribution in [-0.4, -0.2) is 29.9 Å². The van der Waals surface area contributed by atoms with Crippen molar-refractivity contribution in [3.63, 3.8) is 0 Å². The lowest BCUT2D eigenvalue weighted by molar-refractivity contribution is 1.04. The molecule has 0 atom stereocenters. The van der Waals surface area contributed by atoms with Crippen molar-refractivity contribution in [1.29, 1.82) is 0 Å². The minimum atomic E-state index is -0.639. The maximum Gasteiger partial charge on any atom is 0.327 e. The highest BCUT2D eigenvalue weighted by molar-refractivity contribution is 5.81. The summed E-state index contributed by atoms with van der Waals surface area (Å²) in [5, 5.41) is 0. The number of nitrogens with zero attached hydrogens (tertiary/aromatic N) is 4. The summed E-state index contributed by atoms with van der Waals surface area (Å²) in [6.07, 6.45) is 3.25. The Hall–Kier alpha value is -3.68. The van der Waals surface area contributed by atoms with Crippen LogP contribution in [0.4, 0.5) is 0 Å². The normalized spacial score (nSPS) is 10.8. The number of fused-ring (bicyclic) bond motifs is 1. The lowest BCUT2D eigenvalue weighted by atomic mass is 10.1. The molecule has 2 N–H and O–H groups in total. The topological polar surface area (TPSA) is 117 Å². The molecule has 0 aliphatic heterocycles. The Morgan fingerprint density at radius 3 is 1.96 bits per heavy atom. The Morgan fingerprint density at radius 2 is 1.38 bits per heavy atom. The van der Waals surface area contributed by atoms with Crippen LogP contribution in [-0.2, 0) is 0 Å². The van der Waals surface area contributed by atoms with Gasteiger partial charge in [0.25, 0.3) is 5.56 Å². The van der Waals surface area contributed by atoms with E-state index in [1.165, 1.54) is 0 Å². The number of rotatable bonds is 2. The summed E-state index contributed by atoms with van der Waals surface area (Å²) in [5.74, 6) is 0. The van der Waals surface area contributed by atoms with Gasteiger partial charge in [-0.1, -0.05) is 12.1 Å². The van der Waals surface area contributed by atoms with E-state index in [-0.39, 0.29) is 11.2 Å². The summed E-state index contributed by atoms with van der Waals surface area (Å²) < 4.78 is 0. The molecule has 0 fully saturated rings. The van der Waals surface area contributed by atoms with E-state index in [2.05, 4.69) is 29.9 Å². The minimum absolute atomic E-state index is 0.0370. The first-order valence-corrected chi connectivity index (χ1v) is 7.09. The Labute approximate surface area is 134 Å². The lowest BCUT2D eigenvalue weighted by Crippen LogP contribution is -2.23. The van der Waals surface area contributed by atoms with E-state index >= 15 is 0 Å². The van der Waals surface area contributed by atoms with Gasteiger partial charge in [0, 0.05) is 12.4 Å². The molecule has 0 bridgehead atoms. The van der Waals surface area contributed by atoms with E-state index in [9.17, 15) is 9.59 Å². The second kappa shape index (κ2) is 5.51. The van der Waals surface area contributed by atoms with Crippen LogP contribution in [0.3, 0.4) is 0 Å². The SMILES string of the molecule is O=c1[nH]c(=O)c2nc(-c3ccccn3)c(-c3ccccn3)nc2[nH]1. The van der Waals surface area contributed by atoms with Gasteiger partial charge in [-0.3, -0.25) is 24.7 Å². The van der Waals surface area contributed by atoms with E-state index in [1.807, 2.05) is 12.1 Å². The van der Waals surface area contributed by atoms with Gasteiger partial charge in [0.05, 0.1) is 11.4 Å². The number of nitrogens with one attached hydrogen (secondary N) is 2. The van der Waals surface area contributed by atoms with Crippen LogP contribution in [0.15, 0.2) is 58.4 Å². The summed E-state index contributed by atoms with van der Waals surface area (Å²) in [6, 6.07) is 10.7. The van der Waals surface area contributed by atoms with Crippen LogP contribution >= 0.6 is 0 Å². The zero-order chi connectivity index (χ0) is 16.5. The zero-order valence-corrected chi connectivity index (χ0v) is 12.2. The molecule has 0 spiro atoms. The van der Waals surface area contributed by atoms with Crippen molar-refractivity contribution in [2.45, 2.75) is 0 Å². The highest BCUT2D eigenvalue weighted by Gasteiger charge is 2.16. The first-order valence-electron chi connectivity index (χ1n) is 7.09. The summed E-state index contributed by atoms with van der Waals surface area (Å²) in [7, 11) is 0. The predicted molar refractivity (Wildman–Crippen MR) is 87.2 cm³/mol. The van der Waals surface area contributed by atoms with Gasteiger partial charge in [-0.2, -0.15) is 0 Å². The molecule has 8 heteroatoms. The number of pyridine rings is 2. The van der Waals surface area contributed by atoms with Crippen molar-refractivity contribution in [1.82, 2.24) is 29.9 Å². The number of hydrogen-bond acceptors (Lipinski definition) is 6. The number of aromatic amines is 2. The minimum Gasteiger partial charge on any atom is -0.290 e. The lowest BCUT2D eigenvalue weighted by Gasteiger charge is -2.08. The standard InChI is InChI=1S/C16H10N6O2/c23-15-13-14(21-16(24)22-15)20-12(10-6-2-4-8-18-10)11(19-13)9-5-1-3-7-17-9/h1-8H,(H2,20,21,22,23,24). The van der Waals surface area contributed by atoms with Crippen LogP contribution in [0.1, 0.15) is 0 Å². The van der Waals surface area contributed by atoms with Crippen molar-refractivity contribution >= 4 is 11.2 Å². The molecule has 0 saturated heterocycles. The van der Waals surface area contributed by atoms with E-state index in [4.69, 9.17) is 0 Å². The molecule has 0 aliphatic rings. The van der Waals surface area contributed by atoms with Crippen molar-refractivity contribution in [2.24, 2.45) is 0 Å². The summed E-state index contributed by atoms with van der Waals surface area (Å²) >= 11 is 0. The third-order valence-electron chi connectivity index (χ3n) is 3.38. The molecule has 4 heterocycles. The molecule has 0 radical (unpaired) electrons. The van der Waals surface area contributed by atoms with Crippen molar-refractivity contribution in [3.8, 4) is 22.8 Å². The largest absolute Gasteiger partial charge is 0.327 e. The van der Waals surface area contributed by atoms with Gasteiger partial charge in [0.2, 0.25) is 0 Å². The van der Waals surface area contributed by atoms with Crippen molar-refractivity contribution in [3.05, 3.63) is 69.6 Å². The fourth-order valence-electron chi connectivity index (χ4n) is 2.34. The molecular formula is C16H10N6O2. The molecule has 0 aromatic carbocycles. The molecule has 4 rings (SSSR count). The third kappa shape index (κ3) is 2.35. The maximum atomic E-state index is 12.0. The molecule has 8 nitrogen and oxygen atoms in total. The van der Waals surface area contributed by atoms with Gasteiger partial charge in [-0.25, -0.2) is 14.8 Å². The van der Waals surface area contributed by atoms with Crippen LogP contribution < -0.4 is 11.2 Å². The molecule has 0 unspecified atom stereocenters. The molecule has 0 saturated carbocycles. The second-order valence-electron chi connectivity index (χ2n) is 4.96. The van der Waals surface area contributed by atoms with Gasteiger partial charge in [0.15, 0.2) is 11.2 Å². The van der Waals surface area contributed by atoms with E-state index in [0.717, 1.165) is 0 Å². The molecule has 0 amide bonds. The summed E-state index contributed by atoms with van der Waals surface area (Å²) in [6.45, 7) is 0. The fourth-order valence-corrected chi connectivity index (χ4v) is 2.34. The smallest absolute Gasteiger partial charge is 0.290 e. The van der Waals surface area contributed by atoms with Gasteiger partial charge in [-0.05, 0) is 24.3 Å². The van der Waals surface area contributed by atoms with Gasteiger partial charge in [-0.15, -0.1) is 0 Å². The van der Waals surface area contributed by atoms with E-state index in [0.29, 0.717) is 22.8 Å². The van der Waals surface area contributed by atoms with Gasteiger partial charge >= 0.3 is 5.69 Å². The predicted octanol–water partition coefficient (Wildman–Crippen LogP) is 1.13. The van der Waals surface area contributed by atoms with E-state index in [1.54, 1.807) is 36.7 Å². The molecule has 4 aromatic rings. The number of H-pyrrole nitrogens is 2. The molecular weight excluding hydrogens is 308 g/mol.